The Balaban J connectivity index is 1.16. The first kappa shape index (κ1) is 18.3. The summed E-state index contributed by atoms with van der Waals surface area (Å²) in [5.41, 5.74) is 3.92. The molecule has 0 aromatic carbocycles. The predicted molar refractivity (Wildman–Crippen MR) is 122 cm³/mol. The number of pyridine rings is 1. The lowest BCUT2D eigenvalue weighted by Gasteiger charge is -2.33. The first-order valence-electron chi connectivity index (χ1n) is 11.8. The van der Waals surface area contributed by atoms with Gasteiger partial charge >= 0.3 is 0 Å². The molecule has 7 rings (SSSR count). The van der Waals surface area contributed by atoms with Crippen molar-refractivity contribution in [2.45, 2.75) is 56.9 Å². The lowest BCUT2D eigenvalue weighted by molar-refractivity contribution is 0.472. The second kappa shape index (κ2) is 7.12. The summed E-state index contributed by atoms with van der Waals surface area (Å²) in [4.78, 5) is 29.4. The summed E-state index contributed by atoms with van der Waals surface area (Å²) < 4.78 is 2.45. The van der Waals surface area contributed by atoms with Crippen LogP contribution in [0.1, 0.15) is 61.3 Å². The number of H-pyrrole nitrogens is 1. The number of aromatic nitrogens is 7. The van der Waals surface area contributed by atoms with E-state index in [9.17, 15) is 0 Å². The predicted octanol–water partition coefficient (Wildman–Crippen LogP) is 3.82. The number of anilines is 1. The molecule has 162 valence electrons. The molecule has 0 amide bonds. The molecular formula is C24H26N8. The summed E-state index contributed by atoms with van der Waals surface area (Å²) in [6, 6.07) is 6.12. The van der Waals surface area contributed by atoms with Gasteiger partial charge in [0.05, 0.1) is 5.52 Å². The molecule has 2 fully saturated rings. The molecule has 4 aromatic heterocycles. The van der Waals surface area contributed by atoms with E-state index in [0.717, 1.165) is 66.8 Å². The minimum atomic E-state index is 0.463. The lowest BCUT2D eigenvalue weighted by atomic mass is 9.97. The summed E-state index contributed by atoms with van der Waals surface area (Å²) in [5.74, 6) is 4.94. The molecule has 0 radical (unpaired) electrons. The van der Waals surface area contributed by atoms with Gasteiger partial charge in [-0.1, -0.05) is 0 Å². The Labute approximate surface area is 186 Å². The number of nitrogens with zero attached hydrogens (tertiary/aromatic N) is 7. The van der Waals surface area contributed by atoms with Gasteiger partial charge < -0.3 is 14.5 Å². The molecule has 1 saturated carbocycles. The highest BCUT2D eigenvalue weighted by Crippen LogP contribution is 2.38. The Morgan fingerprint density at radius 2 is 1.88 bits per heavy atom. The summed E-state index contributed by atoms with van der Waals surface area (Å²) in [7, 11) is 0. The topological polar surface area (TPSA) is 88.4 Å². The number of piperidine rings is 1. The monoisotopic (exact) mass is 426 g/mol. The number of rotatable bonds is 4. The quantitative estimate of drug-likeness (QED) is 0.534. The Morgan fingerprint density at radius 3 is 2.81 bits per heavy atom. The average molecular weight is 427 g/mol. The molecular weight excluding hydrogens is 400 g/mol. The van der Waals surface area contributed by atoms with E-state index in [1.54, 1.807) is 0 Å². The summed E-state index contributed by atoms with van der Waals surface area (Å²) >= 11 is 0. The molecule has 1 atom stereocenters. The Morgan fingerprint density at radius 1 is 0.906 bits per heavy atom. The molecule has 1 aliphatic carbocycles. The van der Waals surface area contributed by atoms with Gasteiger partial charge in [-0.15, -0.1) is 0 Å². The van der Waals surface area contributed by atoms with E-state index in [0.29, 0.717) is 11.8 Å². The third-order valence-corrected chi connectivity index (χ3v) is 7.08. The zero-order chi connectivity index (χ0) is 21.1. The molecule has 0 bridgehead atoms. The number of aromatic amines is 1. The zero-order valence-electron chi connectivity index (χ0n) is 18.0. The fraction of sp³-hybridized carbons (Fsp3) is 0.458. The van der Waals surface area contributed by atoms with E-state index < -0.39 is 0 Å². The van der Waals surface area contributed by atoms with Crippen LogP contribution in [0.3, 0.4) is 0 Å². The molecule has 3 aliphatic rings. The van der Waals surface area contributed by atoms with Crippen LogP contribution in [0.5, 0.6) is 0 Å². The minimum Gasteiger partial charge on any atom is -0.356 e. The molecule has 6 heterocycles. The van der Waals surface area contributed by atoms with E-state index in [1.807, 2.05) is 12.3 Å². The van der Waals surface area contributed by atoms with Crippen LogP contribution in [0.2, 0.25) is 0 Å². The standard InChI is InChI=1S/C24H26N8/c1-3-16(24-26-13-17-4-2-12-32(17)24)14-31(11-1)20-8-7-18-23(29-20)30-22(28-18)19-9-10-25-21(27-19)15-5-6-15/h7-10,13,15-16H,1-6,11-12,14H2,(H,28,29,30). The third kappa shape index (κ3) is 3.08. The van der Waals surface area contributed by atoms with Crippen molar-refractivity contribution in [1.82, 2.24) is 34.5 Å². The van der Waals surface area contributed by atoms with Crippen LogP contribution >= 0.6 is 0 Å². The molecule has 1 N–H and O–H groups in total. The molecule has 8 nitrogen and oxygen atoms in total. The summed E-state index contributed by atoms with van der Waals surface area (Å²) in [5, 5.41) is 0. The maximum Gasteiger partial charge on any atom is 0.180 e. The van der Waals surface area contributed by atoms with Gasteiger partial charge in [-0.3, -0.25) is 0 Å². The molecule has 0 spiro atoms. The van der Waals surface area contributed by atoms with Crippen LogP contribution < -0.4 is 4.90 Å². The highest BCUT2D eigenvalue weighted by atomic mass is 15.2. The number of nitrogens with one attached hydrogen (secondary N) is 1. The van der Waals surface area contributed by atoms with E-state index in [4.69, 9.17) is 19.9 Å². The third-order valence-electron chi connectivity index (χ3n) is 7.08. The van der Waals surface area contributed by atoms with Gasteiger partial charge in [0.1, 0.15) is 23.2 Å². The smallest absolute Gasteiger partial charge is 0.180 e. The van der Waals surface area contributed by atoms with Crippen LogP contribution in [0.4, 0.5) is 5.82 Å². The SMILES string of the molecule is c1cc(-c2nc3nc(N4CCCC(c5ncc6n5CCC6)C4)ccc3[nH]2)nc(C2CC2)n1. The van der Waals surface area contributed by atoms with Crippen molar-refractivity contribution in [3.8, 4) is 11.5 Å². The van der Waals surface area contributed by atoms with Crippen molar-refractivity contribution in [2.24, 2.45) is 0 Å². The summed E-state index contributed by atoms with van der Waals surface area (Å²) in [6.45, 7) is 3.10. The second-order valence-electron chi connectivity index (χ2n) is 9.35. The fourth-order valence-electron chi connectivity index (χ4n) is 5.25. The van der Waals surface area contributed by atoms with Gasteiger partial charge in [0.25, 0.3) is 0 Å². The molecule has 32 heavy (non-hydrogen) atoms. The number of hydrogen-bond donors (Lipinski definition) is 1. The van der Waals surface area contributed by atoms with Crippen LogP contribution in [-0.4, -0.2) is 47.6 Å². The van der Waals surface area contributed by atoms with Crippen LogP contribution in [0, 0.1) is 0 Å². The highest BCUT2D eigenvalue weighted by Gasteiger charge is 2.29. The van der Waals surface area contributed by atoms with Crippen molar-refractivity contribution < 1.29 is 0 Å². The summed E-state index contributed by atoms with van der Waals surface area (Å²) in [6.07, 6.45) is 11.1. The number of fused-ring (bicyclic) bond motifs is 2. The van der Waals surface area contributed by atoms with Gasteiger partial charge in [0, 0.05) is 49.6 Å². The van der Waals surface area contributed by atoms with Crippen molar-refractivity contribution >= 4 is 17.0 Å². The van der Waals surface area contributed by atoms with Crippen molar-refractivity contribution in [3.63, 3.8) is 0 Å². The van der Waals surface area contributed by atoms with Crippen molar-refractivity contribution in [3.05, 3.63) is 47.9 Å². The van der Waals surface area contributed by atoms with Crippen LogP contribution in [0.25, 0.3) is 22.7 Å². The molecule has 1 unspecified atom stereocenters. The van der Waals surface area contributed by atoms with Gasteiger partial charge in [0.15, 0.2) is 11.5 Å². The number of hydrogen-bond acceptors (Lipinski definition) is 6. The number of aryl methyl sites for hydroxylation is 1. The van der Waals surface area contributed by atoms with Gasteiger partial charge in [0.2, 0.25) is 0 Å². The van der Waals surface area contributed by atoms with Crippen LogP contribution in [0.15, 0.2) is 30.6 Å². The van der Waals surface area contributed by atoms with Crippen molar-refractivity contribution in [1.29, 1.82) is 0 Å². The Bertz CT molecular complexity index is 1300. The van der Waals surface area contributed by atoms with E-state index in [2.05, 4.69) is 37.8 Å². The molecule has 2 aliphatic heterocycles. The zero-order valence-corrected chi connectivity index (χ0v) is 18.0. The Kier molecular flexibility index (Phi) is 4.07. The van der Waals surface area contributed by atoms with Crippen molar-refractivity contribution in [2.75, 3.05) is 18.0 Å². The first-order chi connectivity index (χ1) is 15.8. The van der Waals surface area contributed by atoms with E-state index >= 15 is 0 Å². The van der Waals surface area contributed by atoms with Crippen LogP contribution in [-0.2, 0) is 13.0 Å². The minimum absolute atomic E-state index is 0.463. The second-order valence-corrected chi connectivity index (χ2v) is 9.35. The maximum atomic E-state index is 4.92. The highest BCUT2D eigenvalue weighted by molar-refractivity contribution is 5.77. The largest absolute Gasteiger partial charge is 0.356 e. The lowest BCUT2D eigenvalue weighted by Crippen LogP contribution is -2.35. The maximum absolute atomic E-state index is 4.92. The van der Waals surface area contributed by atoms with Gasteiger partial charge in [-0.2, -0.15) is 0 Å². The fourth-order valence-corrected chi connectivity index (χ4v) is 5.25. The number of imidazole rings is 2. The Hall–Kier alpha value is -3.29. The van der Waals surface area contributed by atoms with E-state index in [1.165, 1.54) is 37.2 Å². The van der Waals surface area contributed by atoms with Gasteiger partial charge in [-0.05, 0) is 56.7 Å². The van der Waals surface area contributed by atoms with E-state index in [-0.39, 0.29) is 0 Å². The normalized spacial score (nSPS) is 20.8. The first-order valence-corrected chi connectivity index (χ1v) is 11.8. The molecule has 8 heteroatoms. The average Bonchev–Trinajstić information content (AvgIpc) is 3.24. The van der Waals surface area contributed by atoms with Gasteiger partial charge in [-0.25, -0.2) is 24.9 Å². The molecule has 1 saturated heterocycles. The molecule has 4 aromatic rings.